The van der Waals surface area contributed by atoms with E-state index in [0.717, 1.165) is 33.2 Å². The van der Waals surface area contributed by atoms with Gasteiger partial charge in [0.1, 0.15) is 11.5 Å². The highest BCUT2D eigenvalue weighted by Gasteiger charge is 2.17. The number of nitrogens with one attached hydrogen (secondary N) is 1. The Kier molecular flexibility index (Phi) is 6.42. The molecule has 1 amide bonds. The molecule has 0 aromatic heterocycles. The number of hydrogen-bond donors (Lipinski definition) is 1. The van der Waals surface area contributed by atoms with Gasteiger partial charge < -0.3 is 14.8 Å². The van der Waals surface area contributed by atoms with Crippen molar-refractivity contribution in [1.29, 1.82) is 0 Å². The van der Waals surface area contributed by atoms with Crippen LogP contribution in [0.15, 0.2) is 54.6 Å². The molecule has 29 heavy (non-hydrogen) atoms. The summed E-state index contributed by atoms with van der Waals surface area (Å²) in [5.41, 5.74) is 3.32. The van der Waals surface area contributed by atoms with Crippen molar-refractivity contribution < 1.29 is 14.3 Å². The lowest BCUT2D eigenvalue weighted by Crippen LogP contribution is -2.31. The lowest BCUT2D eigenvalue weighted by atomic mass is 9.93. The normalized spacial score (nSPS) is 12.1. The number of fused-ring (bicyclic) bond motifs is 1. The predicted molar refractivity (Wildman–Crippen MR) is 118 cm³/mol. The molecule has 0 aliphatic heterocycles. The number of amides is 1. The molecule has 0 aliphatic carbocycles. The summed E-state index contributed by atoms with van der Waals surface area (Å²) in [6.45, 7) is 8.28. The molecule has 152 valence electrons. The minimum Gasteiger partial charge on any atom is -0.496 e. The Labute approximate surface area is 172 Å². The Morgan fingerprint density at radius 3 is 2.38 bits per heavy atom. The SMILES string of the molecule is COc1cc(C)c(C(C)NC(=O)COc2ccc3ccccc3c2)cc1C(C)C. The van der Waals surface area contributed by atoms with E-state index in [4.69, 9.17) is 9.47 Å². The largest absolute Gasteiger partial charge is 0.496 e. The molecule has 0 spiro atoms. The van der Waals surface area contributed by atoms with E-state index in [9.17, 15) is 4.79 Å². The monoisotopic (exact) mass is 391 g/mol. The lowest BCUT2D eigenvalue weighted by Gasteiger charge is -2.21. The van der Waals surface area contributed by atoms with Gasteiger partial charge >= 0.3 is 0 Å². The van der Waals surface area contributed by atoms with E-state index in [2.05, 4.69) is 31.3 Å². The van der Waals surface area contributed by atoms with Crippen molar-refractivity contribution in [1.82, 2.24) is 5.32 Å². The van der Waals surface area contributed by atoms with E-state index in [1.165, 1.54) is 0 Å². The van der Waals surface area contributed by atoms with Crippen LogP contribution in [0.5, 0.6) is 11.5 Å². The predicted octanol–water partition coefficient (Wildman–Crippen LogP) is 5.54. The fraction of sp³-hybridized carbons (Fsp3) is 0.320. The maximum absolute atomic E-state index is 12.5. The molecule has 3 rings (SSSR count). The van der Waals surface area contributed by atoms with E-state index in [0.29, 0.717) is 11.7 Å². The first-order chi connectivity index (χ1) is 13.9. The summed E-state index contributed by atoms with van der Waals surface area (Å²) in [5.74, 6) is 1.77. The fourth-order valence-corrected chi connectivity index (χ4v) is 3.58. The van der Waals surface area contributed by atoms with E-state index in [-0.39, 0.29) is 18.6 Å². The Balaban J connectivity index is 1.66. The number of carbonyl (C=O) groups is 1. The van der Waals surface area contributed by atoms with Crippen molar-refractivity contribution in [3.05, 3.63) is 71.3 Å². The smallest absolute Gasteiger partial charge is 0.258 e. The third-order valence-electron chi connectivity index (χ3n) is 5.18. The van der Waals surface area contributed by atoms with Gasteiger partial charge in [0.25, 0.3) is 5.91 Å². The lowest BCUT2D eigenvalue weighted by molar-refractivity contribution is -0.123. The molecular formula is C25H29NO3. The minimum atomic E-state index is -0.146. The quantitative estimate of drug-likeness (QED) is 0.575. The molecule has 4 nitrogen and oxygen atoms in total. The molecule has 0 saturated heterocycles. The first-order valence-electron chi connectivity index (χ1n) is 9.98. The average molecular weight is 392 g/mol. The Morgan fingerprint density at radius 2 is 1.69 bits per heavy atom. The van der Waals surface area contributed by atoms with Crippen LogP contribution in [0.1, 0.15) is 49.4 Å². The van der Waals surface area contributed by atoms with Crippen LogP contribution in [0.25, 0.3) is 10.8 Å². The molecule has 0 saturated carbocycles. The zero-order valence-electron chi connectivity index (χ0n) is 17.8. The van der Waals surface area contributed by atoms with Crippen LogP contribution in [0.4, 0.5) is 0 Å². The van der Waals surface area contributed by atoms with Crippen molar-refractivity contribution in [2.45, 2.75) is 39.7 Å². The molecule has 4 heteroatoms. The van der Waals surface area contributed by atoms with Gasteiger partial charge in [-0.3, -0.25) is 4.79 Å². The third kappa shape index (κ3) is 4.89. The van der Waals surface area contributed by atoms with E-state index in [1.807, 2.05) is 56.3 Å². The maximum Gasteiger partial charge on any atom is 0.258 e. The van der Waals surface area contributed by atoms with Crippen LogP contribution < -0.4 is 14.8 Å². The van der Waals surface area contributed by atoms with Crippen LogP contribution in [-0.2, 0) is 4.79 Å². The van der Waals surface area contributed by atoms with Gasteiger partial charge in [0.15, 0.2) is 6.61 Å². The van der Waals surface area contributed by atoms with Gasteiger partial charge in [-0.05, 0) is 71.5 Å². The molecule has 3 aromatic carbocycles. The summed E-state index contributed by atoms with van der Waals surface area (Å²) in [4.78, 5) is 12.5. The van der Waals surface area contributed by atoms with Crippen molar-refractivity contribution in [3.63, 3.8) is 0 Å². The zero-order valence-corrected chi connectivity index (χ0v) is 17.8. The van der Waals surface area contributed by atoms with Gasteiger partial charge in [0, 0.05) is 0 Å². The first kappa shape index (κ1) is 20.7. The van der Waals surface area contributed by atoms with Gasteiger partial charge in [0.2, 0.25) is 0 Å². The highest BCUT2D eigenvalue weighted by molar-refractivity contribution is 5.84. The van der Waals surface area contributed by atoms with E-state index in [1.54, 1.807) is 7.11 Å². The minimum absolute atomic E-state index is 0.0189. The number of hydrogen-bond acceptors (Lipinski definition) is 3. The summed E-state index contributed by atoms with van der Waals surface area (Å²) >= 11 is 0. The number of ether oxygens (including phenoxy) is 2. The van der Waals surface area contributed by atoms with Crippen LogP contribution >= 0.6 is 0 Å². The standard InChI is InChI=1S/C25H29NO3/c1-16(2)22-14-23(17(3)12-24(22)28-5)18(4)26-25(27)15-29-21-11-10-19-8-6-7-9-20(19)13-21/h6-14,16,18H,15H2,1-5H3,(H,26,27). The van der Waals surface area contributed by atoms with E-state index >= 15 is 0 Å². The second kappa shape index (κ2) is 8.99. The number of benzene rings is 3. The topological polar surface area (TPSA) is 47.6 Å². The molecule has 3 aromatic rings. The van der Waals surface area contributed by atoms with Crippen molar-refractivity contribution >= 4 is 16.7 Å². The van der Waals surface area contributed by atoms with Crippen molar-refractivity contribution in [2.24, 2.45) is 0 Å². The maximum atomic E-state index is 12.5. The molecule has 0 aliphatic rings. The summed E-state index contributed by atoms with van der Waals surface area (Å²) < 4.78 is 11.2. The molecule has 1 N–H and O–H groups in total. The van der Waals surface area contributed by atoms with Gasteiger partial charge in [0.05, 0.1) is 13.2 Å². The van der Waals surface area contributed by atoms with Crippen LogP contribution in [0.3, 0.4) is 0 Å². The highest BCUT2D eigenvalue weighted by Crippen LogP contribution is 2.32. The summed E-state index contributed by atoms with van der Waals surface area (Å²) in [7, 11) is 1.69. The number of methoxy groups -OCH3 is 1. The fourth-order valence-electron chi connectivity index (χ4n) is 3.58. The van der Waals surface area contributed by atoms with Gasteiger partial charge in [-0.25, -0.2) is 0 Å². The molecular weight excluding hydrogens is 362 g/mol. The molecule has 0 heterocycles. The Hall–Kier alpha value is -3.01. The third-order valence-corrected chi connectivity index (χ3v) is 5.18. The van der Waals surface area contributed by atoms with Crippen LogP contribution in [0.2, 0.25) is 0 Å². The second-order valence-corrected chi connectivity index (χ2v) is 7.69. The van der Waals surface area contributed by atoms with Crippen LogP contribution in [-0.4, -0.2) is 19.6 Å². The first-order valence-corrected chi connectivity index (χ1v) is 9.98. The molecule has 1 atom stereocenters. The average Bonchev–Trinajstić information content (AvgIpc) is 2.71. The van der Waals surface area contributed by atoms with Gasteiger partial charge in [-0.15, -0.1) is 0 Å². The van der Waals surface area contributed by atoms with Crippen molar-refractivity contribution in [3.8, 4) is 11.5 Å². The summed E-state index contributed by atoms with van der Waals surface area (Å²) in [6.07, 6.45) is 0. The summed E-state index contributed by atoms with van der Waals surface area (Å²) in [6, 6.07) is 18.0. The zero-order chi connectivity index (χ0) is 21.0. The molecule has 0 radical (unpaired) electrons. The van der Waals surface area contributed by atoms with Crippen LogP contribution in [0, 0.1) is 6.92 Å². The number of rotatable bonds is 7. The Bertz CT molecular complexity index is 1010. The van der Waals surface area contributed by atoms with Gasteiger partial charge in [-0.2, -0.15) is 0 Å². The molecule has 1 unspecified atom stereocenters. The second-order valence-electron chi connectivity index (χ2n) is 7.69. The number of aryl methyl sites for hydroxylation is 1. The molecule has 0 bridgehead atoms. The van der Waals surface area contributed by atoms with Crippen molar-refractivity contribution in [2.75, 3.05) is 13.7 Å². The van der Waals surface area contributed by atoms with E-state index < -0.39 is 0 Å². The Morgan fingerprint density at radius 1 is 0.966 bits per heavy atom. The number of carbonyl (C=O) groups excluding carboxylic acids is 1. The highest BCUT2D eigenvalue weighted by atomic mass is 16.5. The summed E-state index contributed by atoms with van der Waals surface area (Å²) in [5, 5.41) is 5.28. The molecule has 0 fully saturated rings. The van der Waals surface area contributed by atoms with Gasteiger partial charge in [-0.1, -0.05) is 44.2 Å².